The molecule has 0 radical (unpaired) electrons. The summed E-state index contributed by atoms with van der Waals surface area (Å²) in [6, 6.07) is 27.8. The number of nitrogens with zero attached hydrogens (tertiary/aromatic N) is 4. The standard InChI is InChI=1S/C49H38N4O.Pt/c1-49(2,3)33-35-26-27-50-47(30-35)53-45-23-11-10-20-43(45)44-25-24-40(32-46(44)53)54-39-19-12-18-38(31-39)51-28-29-52(34-51)48-41(36-14-6-4-7-15-36)21-13-22-42(48)37-16-8-5-9-17-37;/h4-30H,33H2,1-3H3;/q-2;/i4D,5D,6D,7D,8D,9D,14D,15D,16D,17D;. The summed E-state index contributed by atoms with van der Waals surface area (Å²) in [5.74, 6) is 1.58. The summed E-state index contributed by atoms with van der Waals surface area (Å²) >= 11 is 0. The van der Waals surface area contributed by atoms with Crippen molar-refractivity contribution in [2.24, 2.45) is 5.41 Å². The third kappa shape index (κ3) is 7.28. The molecule has 0 N–H and O–H groups in total. The summed E-state index contributed by atoms with van der Waals surface area (Å²) in [5.41, 5.74) is 3.75. The van der Waals surface area contributed by atoms with Crippen LogP contribution in [0.15, 0.2) is 164 Å². The minimum Gasteiger partial charge on any atom is -0.510 e. The van der Waals surface area contributed by atoms with Crippen LogP contribution >= 0.6 is 0 Å². The molecule has 0 saturated heterocycles. The minimum absolute atomic E-state index is 0. The first-order valence-corrected chi connectivity index (χ1v) is 17.4. The molecule has 9 rings (SSSR count). The van der Waals surface area contributed by atoms with Gasteiger partial charge in [0.1, 0.15) is 5.82 Å². The van der Waals surface area contributed by atoms with E-state index in [2.05, 4.69) is 62.0 Å². The van der Waals surface area contributed by atoms with Gasteiger partial charge in [0.2, 0.25) is 0 Å². The van der Waals surface area contributed by atoms with Gasteiger partial charge in [0.25, 0.3) is 6.33 Å². The number of fused-ring (bicyclic) bond motifs is 3. The summed E-state index contributed by atoms with van der Waals surface area (Å²) in [4.78, 5) is 4.78. The van der Waals surface area contributed by atoms with Crippen molar-refractivity contribution >= 4 is 21.8 Å². The fraction of sp³-hybridized carbons (Fsp3) is 0.102. The van der Waals surface area contributed by atoms with Crippen LogP contribution in [-0.2, 0) is 27.5 Å². The average Bonchev–Trinajstić information content (AvgIpc) is 3.89. The first-order chi connectivity index (χ1) is 30.5. The predicted molar refractivity (Wildman–Crippen MR) is 216 cm³/mol. The zero-order chi connectivity index (χ0) is 45.4. The van der Waals surface area contributed by atoms with Gasteiger partial charge in [-0.2, -0.15) is 18.2 Å². The van der Waals surface area contributed by atoms with Crippen molar-refractivity contribution < 1.29 is 44.1 Å². The maximum Gasteiger partial charge on any atom is 0.267 e. The molecule has 0 amide bonds. The summed E-state index contributed by atoms with van der Waals surface area (Å²) in [6.07, 6.45) is 9.22. The van der Waals surface area contributed by atoms with Gasteiger partial charge in [-0.1, -0.05) is 123 Å². The Morgan fingerprint density at radius 2 is 1.44 bits per heavy atom. The van der Waals surface area contributed by atoms with E-state index in [-0.39, 0.29) is 54.4 Å². The van der Waals surface area contributed by atoms with Crippen LogP contribution in [0.4, 0.5) is 0 Å². The first-order valence-electron chi connectivity index (χ1n) is 22.4. The van der Waals surface area contributed by atoms with Gasteiger partial charge < -0.3 is 13.9 Å². The van der Waals surface area contributed by atoms with E-state index >= 15 is 0 Å². The third-order valence-corrected chi connectivity index (χ3v) is 8.96. The third-order valence-electron chi connectivity index (χ3n) is 8.96. The van der Waals surface area contributed by atoms with E-state index in [1.807, 2.05) is 36.5 Å². The van der Waals surface area contributed by atoms with Crippen molar-refractivity contribution in [2.75, 3.05) is 0 Å². The number of aromatic nitrogens is 4. The van der Waals surface area contributed by atoms with E-state index in [1.165, 1.54) is 10.1 Å². The van der Waals surface area contributed by atoms with Crippen molar-refractivity contribution in [1.82, 2.24) is 14.1 Å². The molecule has 5 nitrogen and oxygen atoms in total. The maximum absolute atomic E-state index is 8.83. The van der Waals surface area contributed by atoms with Crippen LogP contribution in [0.25, 0.3) is 61.3 Å². The van der Waals surface area contributed by atoms with Crippen molar-refractivity contribution in [3.63, 3.8) is 0 Å². The minimum atomic E-state index is -0.566. The molecular formula is C49H38N4OPt-2. The van der Waals surface area contributed by atoms with E-state index in [0.717, 1.165) is 34.0 Å². The molecule has 0 aliphatic carbocycles. The normalized spacial score (nSPS) is 14.0. The molecule has 0 saturated carbocycles. The number of para-hydroxylation sites is 2. The van der Waals surface area contributed by atoms with Crippen molar-refractivity contribution in [1.29, 1.82) is 0 Å². The fourth-order valence-electron chi connectivity index (χ4n) is 6.78. The Bertz CT molecular complexity index is 3210. The molecule has 0 atom stereocenters. The molecular weight excluding hydrogens is 856 g/mol. The van der Waals surface area contributed by atoms with Crippen LogP contribution in [0.2, 0.25) is 0 Å². The second kappa shape index (κ2) is 15.0. The van der Waals surface area contributed by atoms with Crippen LogP contribution in [0.1, 0.15) is 40.0 Å². The molecule has 0 aliphatic heterocycles. The number of hydrogen-bond donors (Lipinski definition) is 0. The molecule has 0 unspecified atom stereocenters. The number of ether oxygens (including phenoxy) is 1. The van der Waals surface area contributed by atoms with Gasteiger partial charge in [-0.15, -0.1) is 29.7 Å². The van der Waals surface area contributed by atoms with Gasteiger partial charge >= 0.3 is 0 Å². The van der Waals surface area contributed by atoms with Crippen LogP contribution in [0, 0.1) is 23.9 Å². The second-order valence-corrected chi connectivity index (χ2v) is 14.0. The Morgan fingerprint density at radius 3 is 2.16 bits per heavy atom. The maximum atomic E-state index is 8.83. The molecule has 0 spiro atoms. The molecule has 9 aromatic rings. The smallest absolute Gasteiger partial charge is 0.267 e. The molecule has 3 aromatic heterocycles. The zero-order valence-corrected chi connectivity index (χ0v) is 32.3. The molecule has 3 heterocycles. The summed E-state index contributed by atoms with van der Waals surface area (Å²) in [7, 11) is 0. The molecule has 0 bridgehead atoms. The largest absolute Gasteiger partial charge is 0.510 e. The molecule has 55 heavy (non-hydrogen) atoms. The Balaban J connectivity index is 0.00000576. The van der Waals surface area contributed by atoms with Gasteiger partial charge in [-0.05, 0) is 68.9 Å². The van der Waals surface area contributed by atoms with Gasteiger partial charge in [0.15, 0.2) is 0 Å². The van der Waals surface area contributed by atoms with E-state index < -0.39 is 60.4 Å². The van der Waals surface area contributed by atoms with Gasteiger partial charge in [-0.25, -0.2) is 4.98 Å². The Kier molecular flexibility index (Phi) is 7.07. The van der Waals surface area contributed by atoms with Crippen LogP contribution < -0.4 is 9.30 Å². The number of pyridine rings is 1. The predicted octanol–water partition coefficient (Wildman–Crippen LogP) is 11.4. The van der Waals surface area contributed by atoms with Crippen LogP contribution in [-0.4, -0.2) is 14.1 Å². The van der Waals surface area contributed by atoms with Gasteiger partial charge in [-0.3, -0.25) is 4.57 Å². The average molecular weight is 904 g/mol. The SMILES string of the molecule is [2H]c1c([2H])c([2H])c(-c2cccc(-c3c([2H])c([2H])c([2H])c([2H])c3[2H])c2-[n+]2[c-]n(-c3[c-]c(Oc4[c-]c5c(cc4)c4ccccc4n5-c4cc(CC(C)(C)C)ccn4)ccc3)cc2)c([2H])c1[2H].[Pt]. The van der Waals surface area contributed by atoms with E-state index in [4.69, 9.17) is 23.4 Å². The van der Waals surface area contributed by atoms with E-state index in [1.54, 1.807) is 53.4 Å². The van der Waals surface area contributed by atoms with Gasteiger partial charge in [0, 0.05) is 56.7 Å². The molecule has 6 heteroatoms. The van der Waals surface area contributed by atoms with Crippen molar-refractivity contribution in [2.45, 2.75) is 27.2 Å². The Labute approximate surface area is 350 Å². The quantitative estimate of drug-likeness (QED) is 0.113. The Hall–Kier alpha value is -6.03. The van der Waals surface area contributed by atoms with Gasteiger partial charge in [0.05, 0.1) is 19.4 Å². The number of hydrogen-bond acceptors (Lipinski definition) is 2. The Morgan fingerprint density at radius 1 is 0.745 bits per heavy atom. The molecule has 0 fully saturated rings. The topological polar surface area (TPSA) is 35.9 Å². The number of rotatable bonds is 8. The number of benzene rings is 6. The molecule has 272 valence electrons. The first kappa shape index (κ1) is 25.9. The van der Waals surface area contributed by atoms with Crippen LogP contribution in [0.5, 0.6) is 11.5 Å². The number of imidazole rings is 1. The van der Waals surface area contributed by atoms with Crippen LogP contribution in [0.3, 0.4) is 0 Å². The molecule has 6 aromatic carbocycles. The summed E-state index contributed by atoms with van der Waals surface area (Å²) in [6.45, 7) is 6.63. The second-order valence-electron chi connectivity index (χ2n) is 14.0. The zero-order valence-electron chi connectivity index (χ0n) is 40.0. The van der Waals surface area contributed by atoms with Crippen molar-refractivity contribution in [3.05, 3.63) is 188 Å². The fourth-order valence-corrected chi connectivity index (χ4v) is 6.78. The van der Waals surface area contributed by atoms with E-state index in [0.29, 0.717) is 17.2 Å². The summed E-state index contributed by atoms with van der Waals surface area (Å²) in [5, 5.41) is 2.04. The van der Waals surface area contributed by atoms with E-state index in [9.17, 15) is 0 Å². The van der Waals surface area contributed by atoms with Crippen molar-refractivity contribution in [3.8, 4) is 50.9 Å². The monoisotopic (exact) mass is 903 g/mol. The summed E-state index contributed by atoms with van der Waals surface area (Å²) < 4.78 is 97.0. The molecule has 0 aliphatic rings.